The number of hydrogen-bond donors (Lipinski definition) is 1. The molecule has 0 aliphatic heterocycles. The first kappa shape index (κ1) is 10.6. The van der Waals surface area contributed by atoms with Crippen LogP contribution in [0.1, 0.15) is 18.3 Å². The van der Waals surface area contributed by atoms with Gasteiger partial charge in [0.25, 0.3) is 0 Å². The van der Waals surface area contributed by atoms with E-state index < -0.39 is 0 Å². The molecule has 16 heavy (non-hydrogen) atoms. The van der Waals surface area contributed by atoms with E-state index in [-0.39, 0.29) is 0 Å². The van der Waals surface area contributed by atoms with Gasteiger partial charge >= 0.3 is 0 Å². The summed E-state index contributed by atoms with van der Waals surface area (Å²) in [6.45, 7) is 2.69. The van der Waals surface area contributed by atoms with Crippen LogP contribution in [0.2, 0.25) is 0 Å². The van der Waals surface area contributed by atoms with Crippen molar-refractivity contribution < 1.29 is 4.74 Å². The predicted octanol–water partition coefficient (Wildman–Crippen LogP) is 1.38. The summed E-state index contributed by atoms with van der Waals surface area (Å²) in [7, 11) is 0. The molecule has 1 N–H and O–H groups in total. The average molecular weight is 218 g/mol. The Morgan fingerprint density at radius 2 is 2.06 bits per heavy atom. The lowest BCUT2D eigenvalue weighted by Gasteiger charge is -2.04. The molecule has 0 amide bonds. The highest BCUT2D eigenvalue weighted by Gasteiger charge is 1.99. The largest absolute Gasteiger partial charge is 0.493 e. The van der Waals surface area contributed by atoms with Gasteiger partial charge in [0.2, 0.25) is 0 Å². The molecule has 2 rings (SSSR count). The molecule has 0 aliphatic carbocycles. The summed E-state index contributed by atoms with van der Waals surface area (Å²) >= 11 is 0. The van der Waals surface area contributed by atoms with Crippen LogP contribution in [0.25, 0.3) is 0 Å². The van der Waals surface area contributed by atoms with E-state index in [9.17, 15) is 0 Å². The van der Waals surface area contributed by atoms with Gasteiger partial charge in [-0.1, -0.05) is 24.3 Å². The van der Waals surface area contributed by atoms with Crippen LogP contribution in [-0.2, 0) is 12.8 Å². The van der Waals surface area contributed by atoms with Crippen LogP contribution in [0.3, 0.4) is 0 Å². The van der Waals surface area contributed by atoms with Crippen molar-refractivity contribution in [3.63, 3.8) is 0 Å². The fraction of sp³-hybridized carbons (Fsp3) is 0.364. The van der Waals surface area contributed by atoms with Gasteiger partial charge in [0.05, 0.1) is 6.61 Å². The number of rotatable bonds is 5. The lowest BCUT2D eigenvalue weighted by molar-refractivity contribution is 0.319. The molecule has 2 aromatic rings. The zero-order valence-corrected chi connectivity index (χ0v) is 9.18. The number of nitrogens with zero attached hydrogens (tertiary/aromatic N) is 3. The fourth-order valence-electron chi connectivity index (χ4n) is 1.37. The maximum atomic E-state index is 5.56. The lowest BCUT2D eigenvalue weighted by Crippen LogP contribution is -2.02. The molecule has 0 atom stereocenters. The van der Waals surface area contributed by atoms with E-state index in [1.807, 2.05) is 12.1 Å². The molecule has 1 heterocycles. The van der Waals surface area contributed by atoms with Crippen molar-refractivity contribution in [3.8, 4) is 5.75 Å². The molecule has 1 aromatic carbocycles. The van der Waals surface area contributed by atoms with E-state index >= 15 is 0 Å². The van der Waals surface area contributed by atoms with Crippen molar-refractivity contribution in [1.29, 1.82) is 0 Å². The zero-order chi connectivity index (χ0) is 11.2. The first-order chi connectivity index (χ1) is 7.88. The highest BCUT2D eigenvalue weighted by atomic mass is 16.5. The van der Waals surface area contributed by atoms with Crippen molar-refractivity contribution in [3.05, 3.63) is 35.7 Å². The van der Waals surface area contributed by atoms with Gasteiger partial charge < -0.3 is 4.74 Å². The normalized spacial score (nSPS) is 10.3. The molecule has 0 spiro atoms. The van der Waals surface area contributed by atoms with E-state index in [0.29, 0.717) is 18.9 Å². The van der Waals surface area contributed by atoms with Crippen LogP contribution in [-0.4, -0.2) is 27.2 Å². The second kappa shape index (κ2) is 5.25. The minimum atomic E-state index is 0.561. The standard InChI is InChI=1S/C11H14N4O/c1-2-9-3-5-10(6-4-9)16-8-7-11-12-14-15-13-11/h3-6H,2,7-8H2,1H3,(H,12,13,14,15). The molecule has 5 nitrogen and oxygen atoms in total. The van der Waals surface area contributed by atoms with Crippen molar-refractivity contribution in [2.75, 3.05) is 6.61 Å². The van der Waals surface area contributed by atoms with Crippen LogP contribution < -0.4 is 4.74 Å². The number of H-pyrrole nitrogens is 1. The molecule has 0 radical (unpaired) electrons. The Morgan fingerprint density at radius 3 is 2.69 bits per heavy atom. The topological polar surface area (TPSA) is 63.7 Å². The maximum absolute atomic E-state index is 5.56. The van der Waals surface area contributed by atoms with Crippen LogP contribution in [0, 0.1) is 0 Å². The second-order valence-corrected chi connectivity index (χ2v) is 3.42. The van der Waals surface area contributed by atoms with Crippen LogP contribution in [0.15, 0.2) is 24.3 Å². The van der Waals surface area contributed by atoms with Crippen molar-refractivity contribution in [2.45, 2.75) is 19.8 Å². The number of ether oxygens (including phenoxy) is 1. The minimum Gasteiger partial charge on any atom is -0.493 e. The molecule has 0 saturated heterocycles. The van der Waals surface area contributed by atoms with Gasteiger partial charge in [0.1, 0.15) is 5.75 Å². The Balaban J connectivity index is 1.81. The van der Waals surface area contributed by atoms with Crippen molar-refractivity contribution >= 4 is 0 Å². The van der Waals surface area contributed by atoms with Crippen LogP contribution in [0.4, 0.5) is 0 Å². The van der Waals surface area contributed by atoms with E-state index in [1.54, 1.807) is 0 Å². The van der Waals surface area contributed by atoms with Gasteiger partial charge in [-0.05, 0) is 24.1 Å². The van der Waals surface area contributed by atoms with E-state index in [4.69, 9.17) is 4.74 Å². The number of aryl methyl sites for hydroxylation is 1. The monoisotopic (exact) mass is 218 g/mol. The number of aromatic nitrogens is 4. The third-order valence-corrected chi connectivity index (χ3v) is 2.32. The van der Waals surface area contributed by atoms with Gasteiger partial charge in [0.15, 0.2) is 5.82 Å². The summed E-state index contributed by atoms with van der Waals surface area (Å²) in [5, 5.41) is 13.6. The summed E-state index contributed by atoms with van der Waals surface area (Å²) < 4.78 is 5.56. The van der Waals surface area contributed by atoms with Gasteiger partial charge in [-0.25, -0.2) is 0 Å². The van der Waals surface area contributed by atoms with Gasteiger partial charge in [-0.3, -0.25) is 0 Å². The molecule has 0 unspecified atom stereocenters. The first-order valence-corrected chi connectivity index (χ1v) is 5.32. The summed E-state index contributed by atoms with van der Waals surface area (Å²) in [5.41, 5.74) is 1.31. The van der Waals surface area contributed by atoms with Crippen LogP contribution in [0.5, 0.6) is 5.75 Å². The number of aromatic amines is 1. The summed E-state index contributed by atoms with van der Waals surface area (Å²) in [5.74, 6) is 1.55. The van der Waals surface area contributed by atoms with Gasteiger partial charge in [0, 0.05) is 6.42 Å². The molecule has 5 heteroatoms. The third-order valence-electron chi connectivity index (χ3n) is 2.32. The van der Waals surface area contributed by atoms with Crippen molar-refractivity contribution in [2.24, 2.45) is 0 Å². The molecule has 1 aromatic heterocycles. The number of tetrazole rings is 1. The quantitative estimate of drug-likeness (QED) is 0.823. The Hall–Kier alpha value is -1.91. The van der Waals surface area contributed by atoms with E-state index in [0.717, 1.165) is 12.2 Å². The first-order valence-electron chi connectivity index (χ1n) is 5.32. The highest BCUT2D eigenvalue weighted by Crippen LogP contribution is 2.12. The SMILES string of the molecule is CCc1ccc(OCCc2nn[nH]n2)cc1. The summed E-state index contributed by atoms with van der Waals surface area (Å²) in [6.07, 6.45) is 1.70. The van der Waals surface area contributed by atoms with Gasteiger partial charge in [-0.2, -0.15) is 5.21 Å². The molecule has 0 fully saturated rings. The zero-order valence-electron chi connectivity index (χ0n) is 9.18. The van der Waals surface area contributed by atoms with Crippen molar-refractivity contribution in [1.82, 2.24) is 20.6 Å². The average Bonchev–Trinajstić information content (AvgIpc) is 2.83. The number of nitrogens with one attached hydrogen (secondary N) is 1. The Morgan fingerprint density at radius 1 is 1.25 bits per heavy atom. The third kappa shape index (κ3) is 2.79. The number of benzene rings is 1. The Labute approximate surface area is 93.8 Å². The Kier molecular flexibility index (Phi) is 3.48. The fourth-order valence-corrected chi connectivity index (χ4v) is 1.37. The van der Waals surface area contributed by atoms with E-state index in [1.165, 1.54) is 5.56 Å². The second-order valence-electron chi connectivity index (χ2n) is 3.42. The summed E-state index contributed by atoms with van der Waals surface area (Å²) in [6, 6.07) is 8.11. The molecule has 0 saturated carbocycles. The number of hydrogen-bond acceptors (Lipinski definition) is 4. The highest BCUT2D eigenvalue weighted by molar-refractivity contribution is 5.27. The van der Waals surface area contributed by atoms with E-state index in [2.05, 4.69) is 39.7 Å². The minimum absolute atomic E-state index is 0.561. The lowest BCUT2D eigenvalue weighted by atomic mass is 10.2. The van der Waals surface area contributed by atoms with Gasteiger partial charge in [-0.15, -0.1) is 10.2 Å². The molecular weight excluding hydrogens is 204 g/mol. The predicted molar refractivity (Wildman–Crippen MR) is 59.2 cm³/mol. The van der Waals surface area contributed by atoms with Crippen LogP contribution >= 0.6 is 0 Å². The maximum Gasteiger partial charge on any atom is 0.177 e. The smallest absolute Gasteiger partial charge is 0.177 e. The molecule has 0 aliphatic rings. The molecule has 0 bridgehead atoms. The summed E-state index contributed by atoms with van der Waals surface area (Å²) in [4.78, 5) is 0. The molecular formula is C11H14N4O. The Bertz CT molecular complexity index is 410. The molecule has 84 valence electrons.